The maximum Gasteiger partial charge on any atom is 0.105 e. The molecule has 3 heteroatoms. The predicted octanol–water partition coefficient (Wildman–Crippen LogP) is 2.80. The lowest BCUT2D eigenvalue weighted by Gasteiger charge is -2.32. The summed E-state index contributed by atoms with van der Waals surface area (Å²) in [6.07, 6.45) is 5.71. The first kappa shape index (κ1) is 13.6. The van der Waals surface area contributed by atoms with Gasteiger partial charge in [-0.1, -0.05) is 13.3 Å². The van der Waals surface area contributed by atoms with Crippen molar-refractivity contribution >= 4 is 0 Å². The Morgan fingerprint density at radius 2 is 2.33 bits per heavy atom. The van der Waals surface area contributed by atoms with Crippen LogP contribution in [0.1, 0.15) is 37.5 Å². The van der Waals surface area contributed by atoms with Crippen molar-refractivity contribution in [2.45, 2.75) is 39.7 Å². The van der Waals surface area contributed by atoms with Crippen molar-refractivity contribution in [2.24, 2.45) is 5.41 Å². The summed E-state index contributed by atoms with van der Waals surface area (Å²) < 4.78 is 5.37. The molecule has 1 fully saturated rings. The third-order valence-corrected chi connectivity index (χ3v) is 4.12. The number of nitrogens with zero attached hydrogens (tertiary/aromatic N) is 1. The minimum Gasteiger partial charge on any atom is -0.469 e. The van der Waals surface area contributed by atoms with E-state index in [0.29, 0.717) is 5.41 Å². The Bertz CT molecular complexity index is 366. The number of nitrogens with one attached hydrogen (secondary N) is 1. The maximum absolute atomic E-state index is 5.37. The summed E-state index contributed by atoms with van der Waals surface area (Å²) in [5.74, 6) is 1.05. The van der Waals surface area contributed by atoms with Gasteiger partial charge in [0.2, 0.25) is 0 Å². The Balaban J connectivity index is 1.93. The summed E-state index contributed by atoms with van der Waals surface area (Å²) >= 11 is 0. The molecule has 1 aromatic heterocycles. The van der Waals surface area contributed by atoms with Gasteiger partial charge in [0.05, 0.1) is 6.26 Å². The second-order valence-electron chi connectivity index (χ2n) is 5.85. The van der Waals surface area contributed by atoms with Gasteiger partial charge >= 0.3 is 0 Å². The molecular weight excluding hydrogens is 224 g/mol. The van der Waals surface area contributed by atoms with Gasteiger partial charge in [0, 0.05) is 25.2 Å². The molecule has 0 radical (unpaired) electrons. The van der Waals surface area contributed by atoms with Gasteiger partial charge in [-0.15, -0.1) is 0 Å². The van der Waals surface area contributed by atoms with E-state index in [1.54, 1.807) is 6.26 Å². The van der Waals surface area contributed by atoms with Gasteiger partial charge in [-0.05, 0) is 44.8 Å². The molecule has 18 heavy (non-hydrogen) atoms. The molecule has 0 amide bonds. The quantitative estimate of drug-likeness (QED) is 0.841. The van der Waals surface area contributed by atoms with E-state index < -0.39 is 0 Å². The standard InChI is InChI=1S/C15H26N2O/c1-4-6-15(7-8-16-11-15)12-17(3)10-14-5-9-18-13(14)2/h5,9,16H,4,6-8,10-12H2,1-3H3. The maximum atomic E-state index is 5.37. The Hall–Kier alpha value is -0.800. The highest BCUT2D eigenvalue weighted by atomic mass is 16.3. The summed E-state index contributed by atoms with van der Waals surface area (Å²) in [7, 11) is 2.22. The highest BCUT2D eigenvalue weighted by molar-refractivity contribution is 5.15. The van der Waals surface area contributed by atoms with Crippen molar-refractivity contribution in [3.05, 3.63) is 23.7 Å². The van der Waals surface area contributed by atoms with Crippen LogP contribution in [0.5, 0.6) is 0 Å². The number of hydrogen-bond donors (Lipinski definition) is 1. The molecular formula is C15H26N2O. The molecule has 0 bridgehead atoms. The summed E-state index contributed by atoms with van der Waals surface area (Å²) in [5, 5.41) is 3.53. The smallest absolute Gasteiger partial charge is 0.105 e. The Morgan fingerprint density at radius 3 is 2.89 bits per heavy atom. The first-order valence-corrected chi connectivity index (χ1v) is 7.07. The van der Waals surface area contributed by atoms with Crippen LogP contribution in [0.15, 0.2) is 16.7 Å². The van der Waals surface area contributed by atoms with Crippen LogP contribution in [0.25, 0.3) is 0 Å². The minimum absolute atomic E-state index is 0.487. The topological polar surface area (TPSA) is 28.4 Å². The van der Waals surface area contributed by atoms with Crippen LogP contribution in [0.2, 0.25) is 0 Å². The number of furan rings is 1. The molecule has 102 valence electrons. The fourth-order valence-electron chi connectivity index (χ4n) is 3.25. The number of hydrogen-bond acceptors (Lipinski definition) is 3. The second kappa shape index (κ2) is 5.89. The van der Waals surface area contributed by atoms with E-state index in [1.807, 2.05) is 6.92 Å². The van der Waals surface area contributed by atoms with Crippen LogP contribution >= 0.6 is 0 Å². The zero-order valence-electron chi connectivity index (χ0n) is 12.0. The molecule has 1 saturated heterocycles. The third-order valence-electron chi connectivity index (χ3n) is 4.12. The highest BCUT2D eigenvalue weighted by Gasteiger charge is 2.33. The van der Waals surface area contributed by atoms with Crippen molar-refractivity contribution in [3.63, 3.8) is 0 Å². The monoisotopic (exact) mass is 250 g/mol. The molecule has 1 atom stereocenters. The average Bonchev–Trinajstić information content (AvgIpc) is 2.90. The largest absolute Gasteiger partial charge is 0.469 e. The van der Waals surface area contributed by atoms with Gasteiger partial charge in [-0.25, -0.2) is 0 Å². The Morgan fingerprint density at radius 1 is 1.50 bits per heavy atom. The van der Waals surface area contributed by atoms with Crippen LogP contribution in [-0.2, 0) is 6.54 Å². The van der Waals surface area contributed by atoms with Crippen LogP contribution < -0.4 is 5.32 Å². The summed E-state index contributed by atoms with van der Waals surface area (Å²) in [4.78, 5) is 2.44. The molecule has 3 nitrogen and oxygen atoms in total. The Labute approximate surface area is 111 Å². The zero-order valence-corrected chi connectivity index (χ0v) is 12.0. The molecule has 0 aliphatic carbocycles. The van der Waals surface area contributed by atoms with E-state index in [-0.39, 0.29) is 0 Å². The van der Waals surface area contributed by atoms with Gasteiger partial charge in [-0.3, -0.25) is 0 Å². The average molecular weight is 250 g/mol. The summed E-state index contributed by atoms with van der Waals surface area (Å²) in [5.41, 5.74) is 1.80. The van der Waals surface area contributed by atoms with E-state index in [9.17, 15) is 0 Å². The molecule has 0 aromatic carbocycles. The molecule has 1 aromatic rings. The van der Waals surface area contributed by atoms with Gasteiger partial charge in [0.15, 0.2) is 0 Å². The summed E-state index contributed by atoms with van der Waals surface area (Å²) in [6.45, 7) is 8.86. The predicted molar refractivity (Wildman–Crippen MR) is 74.6 cm³/mol. The van der Waals surface area contributed by atoms with Gasteiger partial charge in [0.1, 0.15) is 5.76 Å². The molecule has 2 rings (SSSR count). The van der Waals surface area contributed by atoms with Crippen LogP contribution in [0, 0.1) is 12.3 Å². The molecule has 2 heterocycles. The van der Waals surface area contributed by atoms with E-state index in [1.165, 1.54) is 44.5 Å². The lowest BCUT2D eigenvalue weighted by molar-refractivity contribution is 0.172. The van der Waals surface area contributed by atoms with E-state index >= 15 is 0 Å². The second-order valence-corrected chi connectivity index (χ2v) is 5.85. The van der Waals surface area contributed by atoms with Crippen molar-refractivity contribution in [1.82, 2.24) is 10.2 Å². The van der Waals surface area contributed by atoms with E-state index in [0.717, 1.165) is 12.3 Å². The minimum atomic E-state index is 0.487. The fraction of sp³-hybridized carbons (Fsp3) is 0.733. The van der Waals surface area contributed by atoms with Gasteiger partial charge in [0.25, 0.3) is 0 Å². The molecule has 1 unspecified atom stereocenters. The third kappa shape index (κ3) is 3.15. The van der Waals surface area contributed by atoms with E-state index in [4.69, 9.17) is 4.42 Å². The van der Waals surface area contributed by atoms with Gasteiger partial charge < -0.3 is 14.6 Å². The lowest BCUT2D eigenvalue weighted by atomic mass is 9.82. The van der Waals surface area contributed by atoms with E-state index in [2.05, 4.69) is 30.3 Å². The summed E-state index contributed by atoms with van der Waals surface area (Å²) in [6, 6.07) is 2.09. The van der Waals surface area contributed by atoms with Crippen molar-refractivity contribution < 1.29 is 4.42 Å². The normalized spacial score (nSPS) is 24.0. The highest BCUT2D eigenvalue weighted by Crippen LogP contribution is 2.32. The first-order chi connectivity index (χ1) is 8.65. The SMILES string of the molecule is CCCC1(CN(C)Cc2ccoc2C)CCNC1. The van der Waals surface area contributed by atoms with Crippen molar-refractivity contribution in [1.29, 1.82) is 0 Å². The fourth-order valence-corrected chi connectivity index (χ4v) is 3.25. The lowest BCUT2D eigenvalue weighted by Crippen LogP contribution is -2.37. The van der Waals surface area contributed by atoms with Crippen LogP contribution in [-0.4, -0.2) is 31.6 Å². The molecule has 0 spiro atoms. The van der Waals surface area contributed by atoms with Gasteiger partial charge in [-0.2, -0.15) is 0 Å². The zero-order chi connectivity index (χ0) is 13.0. The molecule has 0 saturated carbocycles. The molecule has 1 N–H and O–H groups in total. The molecule has 1 aliphatic rings. The number of rotatable bonds is 6. The van der Waals surface area contributed by atoms with Crippen LogP contribution in [0.3, 0.4) is 0 Å². The van der Waals surface area contributed by atoms with Crippen molar-refractivity contribution in [3.8, 4) is 0 Å². The van der Waals surface area contributed by atoms with Crippen molar-refractivity contribution in [2.75, 3.05) is 26.7 Å². The Kier molecular flexibility index (Phi) is 4.46. The number of aryl methyl sites for hydroxylation is 1. The van der Waals surface area contributed by atoms with Crippen LogP contribution in [0.4, 0.5) is 0 Å². The molecule has 1 aliphatic heterocycles. The first-order valence-electron chi connectivity index (χ1n) is 7.07.